The molecule has 1 fully saturated rings. The lowest BCUT2D eigenvalue weighted by Crippen LogP contribution is -2.52. The average molecular weight is 375 g/mol. The number of hydrogen-bond acceptors (Lipinski definition) is 5. The quantitative estimate of drug-likeness (QED) is 0.562. The monoisotopic (exact) mass is 375 g/mol. The van der Waals surface area contributed by atoms with Crippen molar-refractivity contribution in [3.63, 3.8) is 0 Å². The van der Waals surface area contributed by atoms with Gasteiger partial charge in [-0.05, 0) is 37.3 Å². The third-order valence-electron chi connectivity index (χ3n) is 4.37. The minimum Gasteiger partial charge on any atom is -0.460 e. The molecular weight excluding hydrogens is 346 g/mol. The summed E-state index contributed by atoms with van der Waals surface area (Å²) >= 11 is 0. The van der Waals surface area contributed by atoms with Crippen molar-refractivity contribution in [3.8, 4) is 0 Å². The fourth-order valence-electron chi connectivity index (χ4n) is 2.96. The molecule has 2 amide bonds. The van der Waals surface area contributed by atoms with E-state index in [4.69, 9.17) is 4.74 Å². The number of amides is 2. The highest BCUT2D eigenvalue weighted by Crippen LogP contribution is 2.09. The maximum atomic E-state index is 12.5. The largest absolute Gasteiger partial charge is 0.460 e. The van der Waals surface area contributed by atoms with Gasteiger partial charge in [-0.3, -0.25) is 14.4 Å². The van der Waals surface area contributed by atoms with Crippen LogP contribution in [0, 0.1) is 5.92 Å². The Kier molecular flexibility index (Phi) is 8.26. The Balaban J connectivity index is 1.79. The molecule has 0 spiro atoms. The van der Waals surface area contributed by atoms with E-state index in [2.05, 4.69) is 16.0 Å². The fourth-order valence-corrected chi connectivity index (χ4v) is 2.96. The Morgan fingerprint density at radius 1 is 1.22 bits per heavy atom. The Bertz CT molecular complexity index is 627. The standard InChI is InChI=1S/C20H29N3O4/c1-14(2)11-17(23-20(26)16-9-6-10-21-16)19(25)22-12-18(24)27-13-15-7-4-3-5-8-15/h3-5,7-8,14,16-17,21H,6,9-13H2,1-2H3,(H,22,25)(H,23,26)/t16-,17-/m0/s1. The predicted molar refractivity (Wildman–Crippen MR) is 102 cm³/mol. The molecule has 0 bridgehead atoms. The molecule has 1 aliphatic rings. The molecule has 1 heterocycles. The molecule has 1 aliphatic heterocycles. The Hall–Kier alpha value is -2.41. The van der Waals surface area contributed by atoms with Crippen LogP contribution in [0.5, 0.6) is 0 Å². The summed E-state index contributed by atoms with van der Waals surface area (Å²) < 4.78 is 5.15. The second-order valence-corrected chi connectivity index (χ2v) is 7.20. The molecule has 0 radical (unpaired) electrons. The van der Waals surface area contributed by atoms with E-state index in [1.807, 2.05) is 44.2 Å². The normalized spacial score (nSPS) is 17.4. The lowest BCUT2D eigenvalue weighted by molar-refractivity contribution is -0.145. The van der Waals surface area contributed by atoms with E-state index in [0.717, 1.165) is 24.9 Å². The highest BCUT2D eigenvalue weighted by Gasteiger charge is 2.28. The smallest absolute Gasteiger partial charge is 0.325 e. The molecule has 0 aliphatic carbocycles. The Morgan fingerprint density at radius 3 is 2.59 bits per heavy atom. The molecule has 3 N–H and O–H groups in total. The van der Waals surface area contributed by atoms with Crippen LogP contribution in [0.3, 0.4) is 0 Å². The molecule has 7 heteroatoms. The number of benzene rings is 1. The van der Waals surface area contributed by atoms with Crippen LogP contribution in [-0.2, 0) is 25.7 Å². The third-order valence-corrected chi connectivity index (χ3v) is 4.37. The molecule has 2 atom stereocenters. The molecule has 7 nitrogen and oxygen atoms in total. The van der Waals surface area contributed by atoms with Crippen molar-refractivity contribution in [2.24, 2.45) is 5.92 Å². The zero-order valence-corrected chi connectivity index (χ0v) is 16.0. The average Bonchev–Trinajstić information content (AvgIpc) is 3.19. The van der Waals surface area contributed by atoms with Gasteiger partial charge >= 0.3 is 5.97 Å². The van der Waals surface area contributed by atoms with Gasteiger partial charge in [0.1, 0.15) is 19.2 Å². The van der Waals surface area contributed by atoms with Gasteiger partial charge in [0.05, 0.1) is 6.04 Å². The number of ether oxygens (including phenoxy) is 1. The molecule has 0 saturated carbocycles. The first kappa shape index (κ1) is 20.9. The summed E-state index contributed by atoms with van der Waals surface area (Å²) in [4.78, 5) is 36.6. The van der Waals surface area contributed by atoms with Gasteiger partial charge in [-0.15, -0.1) is 0 Å². The number of esters is 1. The summed E-state index contributed by atoms with van der Waals surface area (Å²) in [5.41, 5.74) is 0.881. The van der Waals surface area contributed by atoms with Crippen LogP contribution in [0.25, 0.3) is 0 Å². The highest BCUT2D eigenvalue weighted by atomic mass is 16.5. The number of rotatable bonds is 9. The van der Waals surface area contributed by atoms with E-state index in [0.29, 0.717) is 6.42 Å². The first-order valence-electron chi connectivity index (χ1n) is 9.46. The predicted octanol–water partition coefficient (Wildman–Crippen LogP) is 1.13. The van der Waals surface area contributed by atoms with Crippen LogP contribution in [0.15, 0.2) is 30.3 Å². The molecule has 27 heavy (non-hydrogen) atoms. The summed E-state index contributed by atoms with van der Waals surface area (Å²) in [5, 5.41) is 8.50. The second kappa shape index (κ2) is 10.7. The van der Waals surface area contributed by atoms with Crippen molar-refractivity contribution in [2.75, 3.05) is 13.1 Å². The fraction of sp³-hybridized carbons (Fsp3) is 0.550. The molecule has 0 aromatic heterocycles. The molecule has 1 aromatic rings. The van der Waals surface area contributed by atoms with E-state index < -0.39 is 12.0 Å². The zero-order chi connectivity index (χ0) is 19.6. The Morgan fingerprint density at radius 2 is 1.96 bits per heavy atom. The number of hydrogen-bond donors (Lipinski definition) is 3. The summed E-state index contributed by atoms with van der Waals surface area (Å²) in [6.45, 7) is 4.71. The van der Waals surface area contributed by atoms with Crippen LogP contribution in [-0.4, -0.2) is 43.0 Å². The van der Waals surface area contributed by atoms with E-state index in [1.54, 1.807) is 0 Å². The first-order valence-corrected chi connectivity index (χ1v) is 9.46. The van der Waals surface area contributed by atoms with Gasteiger partial charge in [-0.1, -0.05) is 44.2 Å². The van der Waals surface area contributed by atoms with Crippen LogP contribution in [0.1, 0.15) is 38.7 Å². The third kappa shape index (κ3) is 7.38. The zero-order valence-electron chi connectivity index (χ0n) is 16.0. The van der Waals surface area contributed by atoms with Crippen LogP contribution in [0.4, 0.5) is 0 Å². The van der Waals surface area contributed by atoms with Crippen LogP contribution in [0.2, 0.25) is 0 Å². The van der Waals surface area contributed by atoms with Gasteiger partial charge < -0.3 is 20.7 Å². The van der Waals surface area contributed by atoms with Gasteiger partial charge in [0.2, 0.25) is 11.8 Å². The van der Waals surface area contributed by atoms with Gasteiger partial charge in [-0.25, -0.2) is 0 Å². The van der Waals surface area contributed by atoms with Crippen molar-refractivity contribution in [1.29, 1.82) is 0 Å². The topological polar surface area (TPSA) is 96.5 Å². The molecule has 2 rings (SSSR count). The maximum Gasteiger partial charge on any atom is 0.325 e. The molecule has 148 valence electrons. The van der Waals surface area contributed by atoms with Crippen molar-refractivity contribution < 1.29 is 19.1 Å². The number of carbonyl (C=O) groups is 3. The van der Waals surface area contributed by atoms with Gasteiger partial charge in [0.15, 0.2) is 0 Å². The summed E-state index contributed by atoms with van der Waals surface area (Å²) in [6, 6.07) is 8.42. The van der Waals surface area contributed by atoms with Crippen LogP contribution >= 0.6 is 0 Å². The second-order valence-electron chi connectivity index (χ2n) is 7.20. The lowest BCUT2D eigenvalue weighted by Gasteiger charge is -2.22. The van der Waals surface area contributed by atoms with E-state index in [-0.39, 0.29) is 36.9 Å². The lowest BCUT2D eigenvalue weighted by atomic mass is 10.0. The van der Waals surface area contributed by atoms with E-state index >= 15 is 0 Å². The minimum absolute atomic E-state index is 0.162. The van der Waals surface area contributed by atoms with Gasteiger partial charge in [0.25, 0.3) is 0 Å². The van der Waals surface area contributed by atoms with Crippen molar-refractivity contribution in [3.05, 3.63) is 35.9 Å². The summed E-state index contributed by atoms with van der Waals surface area (Å²) in [6.07, 6.45) is 2.23. The van der Waals surface area contributed by atoms with Crippen LogP contribution < -0.4 is 16.0 Å². The highest BCUT2D eigenvalue weighted by molar-refractivity contribution is 5.91. The van der Waals surface area contributed by atoms with E-state index in [9.17, 15) is 14.4 Å². The molecule has 1 saturated heterocycles. The number of nitrogens with one attached hydrogen (secondary N) is 3. The summed E-state index contributed by atoms with van der Waals surface area (Å²) in [7, 11) is 0. The van der Waals surface area contributed by atoms with E-state index in [1.165, 1.54) is 0 Å². The van der Waals surface area contributed by atoms with Crippen molar-refractivity contribution in [1.82, 2.24) is 16.0 Å². The molecular formula is C20H29N3O4. The summed E-state index contributed by atoms with van der Waals surface area (Å²) in [5.74, 6) is -0.825. The first-order chi connectivity index (χ1) is 13.0. The SMILES string of the molecule is CC(C)C[C@H](NC(=O)[C@@H]1CCCN1)C(=O)NCC(=O)OCc1ccccc1. The van der Waals surface area contributed by atoms with Gasteiger partial charge in [0, 0.05) is 0 Å². The molecule has 1 aromatic carbocycles. The maximum absolute atomic E-state index is 12.5. The van der Waals surface area contributed by atoms with Crippen molar-refractivity contribution >= 4 is 17.8 Å². The number of carbonyl (C=O) groups excluding carboxylic acids is 3. The Labute approximate surface area is 160 Å². The molecule has 0 unspecified atom stereocenters. The van der Waals surface area contributed by atoms with Crippen molar-refractivity contribution in [2.45, 2.75) is 51.8 Å². The van der Waals surface area contributed by atoms with Gasteiger partial charge in [-0.2, -0.15) is 0 Å². The minimum atomic E-state index is -0.665.